The molecular formula is C15H12Br2FNO. The topological polar surface area (TPSA) is 29.1 Å². The van der Waals surface area contributed by atoms with Crippen LogP contribution in [-0.2, 0) is 0 Å². The summed E-state index contributed by atoms with van der Waals surface area (Å²) < 4.78 is 14.2. The Morgan fingerprint density at radius 1 is 1.20 bits per heavy atom. The Bertz CT molecular complexity index is 623. The predicted molar refractivity (Wildman–Crippen MR) is 85.8 cm³/mol. The van der Waals surface area contributed by atoms with Crippen molar-refractivity contribution in [3.8, 4) is 0 Å². The Balaban J connectivity index is 2.33. The first kappa shape index (κ1) is 15.2. The van der Waals surface area contributed by atoms with Gasteiger partial charge in [-0.15, -0.1) is 0 Å². The maximum atomic E-state index is 13.8. The lowest BCUT2D eigenvalue weighted by molar-refractivity contribution is 0.102. The predicted octanol–water partition coefficient (Wildman–Crippen LogP) is 5.30. The number of para-hydroxylation sites is 1. The Hall–Kier alpha value is -1.20. The van der Waals surface area contributed by atoms with Gasteiger partial charge in [0.05, 0.1) is 5.56 Å². The summed E-state index contributed by atoms with van der Waals surface area (Å²) in [7, 11) is 0. The van der Waals surface area contributed by atoms with Gasteiger partial charge < -0.3 is 5.32 Å². The van der Waals surface area contributed by atoms with E-state index in [0.29, 0.717) is 10.2 Å². The van der Waals surface area contributed by atoms with Crippen LogP contribution < -0.4 is 5.32 Å². The molecule has 0 aliphatic carbocycles. The monoisotopic (exact) mass is 399 g/mol. The summed E-state index contributed by atoms with van der Waals surface area (Å²) in [6, 6.07) is 11.9. The van der Waals surface area contributed by atoms with Crippen LogP contribution in [0.4, 0.5) is 10.1 Å². The third-order valence-electron chi connectivity index (χ3n) is 2.83. The quantitative estimate of drug-likeness (QED) is 0.696. The third kappa shape index (κ3) is 3.27. The molecule has 104 valence electrons. The number of amides is 1. The molecule has 0 aliphatic heterocycles. The maximum absolute atomic E-state index is 13.8. The van der Waals surface area contributed by atoms with Crippen LogP contribution in [0, 0.1) is 5.82 Å². The summed E-state index contributed by atoms with van der Waals surface area (Å²) in [6.45, 7) is 1.96. The van der Waals surface area contributed by atoms with Gasteiger partial charge in [0.15, 0.2) is 0 Å². The Labute approximate surface area is 133 Å². The Morgan fingerprint density at radius 3 is 2.55 bits per heavy atom. The number of benzene rings is 2. The molecule has 0 saturated heterocycles. The second kappa shape index (κ2) is 6.50. The summed E-state index contributed by atoms with van der Waals surface area (Å²) in [5.41, 5.74) is 1.61. The van der Waals surface area contributed by atoms with Gasteiger partial charge in [-0.25, -0.2) is 4.39 Å². The zero-order valence-corrected chi connectivity index (χ0v) is 13.8. The number of hydrogen-bond donors (Lipinski definition) is 1. The van der Waals surface area contributed by atoms with E-state index in [0.717, 1.165) is 5.56 Å². The van der Waals surface area contributed by atoms with E-state index < -0.39 is 11.7 Å². The van der Waals surface area contributed by atoms with Crippen molar-refractivity contribution in [1.82, 2.24) is 0 Å². The first-order valence-corrected chi connectivity index (χ1v) is 7.70. The van der Waals surface area contributed by atoms with Crippen LogP contribution in [0.1, 0.15) is 27.7 Å². The molecule has 0 aliphatic rings. The standard InChI is InChI=1S/C15H12Br2FNO/c1-9(16)10-5-2-3-8-13(10)19-15(20)14-11(17)6-4-7-12(14)18/h2-9H,1H3,(H,19,20). The van der Waals surface area contributed by atoms with Gasteiger partial charge in [0.1, 0.15) is 5.82 Å². The molecule has 2 aromatic rings. The summed E-state index contributed by atoms with van der Waals surface area (Å²) in [6.07, 6.45) is 0. The lowest BCUT2D eigenvalue weighted by Gasteiger charge is -2.13. The molecule has 1 atom stereocenters. The van der Waals surface area contributed by atoms with Gasteiger partial charge in [-0.1, -0.05) is 40.2 Å². The van der Waals surface area contributed by atoms with Crippen molar-refractivity contribution in [2.24, 2.45) is 0 Å². The van der Waals surface area contributed by atoms with E-state index in [1.165, 1.54) is 6.07 Å². The van der Waals surface area contributed by atoms with Gasteiger partial charge in [0.2, 0.25) is 0 Å². The average molecular weight is 401 g/mol. The fourth-order valence-corrected chi connectivity index (χ4v) is 2.78. The van der Waals surface area contributed by atoms with Crippen molar-refractivity contribution >= 4 is 43.5 Å². The molecule has 0 saturated carbocycles. The maximum Gasteiger partial charge on any atom is 0.259 e. The third-order valence-corrected chi connectivity index (χ3v) is 3.98. The van der Waals surface area contributed by atoms with Gasteiger partial charge in [0, 0.05) is 15.0 Å². The molecule has 0 spiro atoms. The van der Waals surface area contributed by atoms with E-state index in [-0.39, 0.29) is 10.4 Å². The number of alkyl halides is 1. The highest BCUT2D eigenvalue weighted by Crippen LogP contribution is 2.29. The minimum absolute atomic E-state index is 0.00419. The summed E-state index contributed by atoms with van der Waals surface area (Å²) >= 11 is 6.67. The van der Waals surface area contributed by atoms with Gasteiger partial charge in [-0.3, -0.25) is 4.79 Å². The second-order valence-electron chi connectivity index (χ2n) is 4.25. The number of rotatable bonds is 3. The van der Waals surface area contributed by atoms with Crippen molar-refractivity contribution in [3.63, 3.8) is 0 Å². The Kier molecular flexibility index (Phi) is 4.94. The number of carbonyl (C=O) groups excluding carboxylic acids is 1. The summed E-state index contributed by atoms with van der Waals surface area (Å²) in [5, 5.41) is 2.75. The molecule has 2 rings (SSSR count). The van der Waals surface area contributed by atoms with Crippen LogP contribution in [0.25, 0.3) is 0 Å². The molecule has 5 heteroatoms. The number of carbonyl (C=O) groups is 1. The fraction of sp³-hybridized carbons (Fsp3) is 0.133. The van der Waals surface area contributed by atoms with Crippen LogP contribution in [-0.4, -0.2) is 5.91 Å². The van der Waals surface area contributed by atoms with Crippen LogP contribution in [0.2, 0.25) is 0 Å². The van der Waals surface area contributed by atoms with E-state index in [1.807, 2.05) is 25.1 Å². The molecule has 2 nitrogen and oxygen atoms in total. The zero-order valence-electron chi connectivity index (χ0n) is 10.7. The van der Waals surface area contributed by atoms with Crippen LogP contribution in [0.15, 0.2) is 46.9 Å². The molecule has 1 unspecified atom stereocenters. The number of nitrogens with one attached hydrogen (secondary N) is 1. The zero-order chi connectivity index (χ0) is 14.7. The molecular weight excluding hydrogens is 389 g/mol. The van der Waals surface area contributed by atoms with Crippen molar-refractivity contribution in [2.75, 3.05) is 5.32 Å². The molecule has 0 heterocycles. The molecule has 2 aromatic carbocycles. The molecule has 0 radical (unpaired) electrons. The molecule has 0 aromatic heterocycles. The van der Waals surface area contributed by atoms with Gasteiger partial charge in [-0.05, 0) is 46.6 Å². The minimum atomic E-state index is -0.554. The van der Waals surface area contributed by atoms with Crippen molar-refractivity contribution in [1.29, 1.82) is 0 Å². The number of anilines is 1. The molecule has 0 bridgehead atoms. The normalized spacial score (nSPS) is 12.0. The molecule has 1 N–H and O–H groups in total. The van der Waals surface area contributed by atoms with E-state index in [9.17, 15) is 9.18 Å². The lowest BCUT2D eigenvalue weighted by atomic mass is 10.1. The smallest absolute Gasteiger partial charge is 0.259 e. The van der Waals surface area contributed by atoms with Crippen LogP contribution in [0.3, 0.4) is 0 Å². The van der Waals surface area contributed by atoms with Crippen molar-refractivity contribution in [3.05, 3.63) is 63.9 Å². The highest BCUT2D eigenvalue weighted by atomic mass is 79.9. The molecule has 1 amide bonds. The molecule has 20 heavy (non-hydrogen) atoms. The highest BCUT2D eigenvalue weighted by molar-refractivity contribution is 9.10. The van der Waals surface area contributed by atoms with E-state index >= 15 is 0 Å². The first-order chi connectivity index (χ1) is 9.50. The number of halogens is 3. The summed E-state index contributed by atoms with van der Waals surface area (Å²) in [4.78, 5) is 12.3. The van der Waals surface area contributed by atoms with E-state index in [2.05, 4.69) is 37.2 Å². The largest absolute Gasteiger partial charge is 0.322 e. The lowest BCUT2D eigenvalue weighted by Crippen LogP contribution is -2.15. The first-order valence-electron chi connectivity index (χ1n) is 5.99. The van der Waals surface area contributed by atoms with Crippen molar-refractivity contribution < 1.29 is 9.18 Å². The average Bonchev–Trinajstić information content (AvgIpc) is 2.38. The summed E-state index contributed by atoms with van der Waals surface area (Å²) in [5.74, 6) is -1.03. The van der Waals surface area contributed by atoms with Gasteiger partial charge in [-0.2, -0.15) is 0 Å². The van der Waals surface area contributed by atoms with Crippen LogP contribution in [0.5, 0.6) is 0 Å². The fourth-order valence-electron chi connectivity index (χ4n) is 1.86. The Morgan fingerprint density at radius 2 is 1.90 bits per heavy atom. The van der Waals surface area contributed by atoms with Gasteiger partial charge in [0.25, 0.3) is 5.91 Å². The van der Waals surface area contributed by atoms with E-state index in [4.69, 9.17) is 0 Å². The molecule has 0 fully saturated rings. The van der Waals surface area contributed by atoms with Gasteiger partial charge >= 0.3 is 0 Å². The highest BCUT2D eigenvalue weighted by Gasteiger charge is 2.17. The number of hydrogen-bond acceptors (Lipinski definition) is 1. The van der Waals surface area contributed by atoms with Crippen molar-refractivity contribution in [2.45, 2.75) is 11.8 Å². The SMILES string of the molecule is CC(Br)c1ccccc1NC(=O)c1c(F)cccc1Br. The van der Waals surface area contributed by atoms with Crippen LogP contribution >= 0.6 is 31.9 Å². The van der Waals surface area contributed by atoms with E-state index in [1.54, 1.807) is 18.2 Å². The second-order valence-corrected chi connectivity index (χ2v) is 6.48. The minimum Gasteiger partial charge on any atom is -0.322 e.